The van der Waals surface area contributed by atoms with Crippen molar-refractivity contribution < 1.29 is 9.59 Å². The maximum atomic E-state index is 12.9. The van der Waals surface area contributed by atoms with E-state index in [1.165, 1.54) is 0 Å². The van der Waals surface area contributed by atoms with Crippen LogP contribution in [0.15, 0.2) is 6.20 Å². The van der Waals surface area contributed by atoms with E-state index >= 15 is 0 Å². The van der Waals surface area contributed by atoms with Gasteiger partial charge in [0.05, 0.1) is 11.3 Å². The first-order valence-electron chi connectivity index (χ1n) is 7.90. The fourth-order valence-corrected chi connectivity index (χ4v) is 3.32. The average molecular weight is 302 g/mol. The summed E-state index contributed by atoms with van der Waals surface area (Å²) >= 11 is 0. The molecule has 2 bridgehead atoms. The third kappa shape index (κ3) is 2.58. The molecule has 0 saturated carbocycles. The first kappa shape index (κ1) is 14.9. The van der Waals surface area contributed by atoms with Gasteiger partial charge in [0.2, 0.25) is 5.91 Å². The van der Waals surface area contributed by atoms with Crippen molar-refractivity contribution in [1.29, 1.82) is 0 Å². The molecule has 0 spiro atoms. The number of nitrogens with one attached hydrogen (secondary N) is 1. The van der Waals surface area contributed by atoms with Crippen LogP contribution < -0.4 is 5.32 Å². The van der Waals surface area contributed by atoms with Crippen LogP contribution in [-0.2, 0) is 4.79 Å². The highest BCUT2D eigenvalue weighted by molar-refractivity contribution is 5.96. The summed E-state index contributed by atoms with van der Waals surface area (Å²) in [6.45, 7) is 6.46. The van der Waals surface area contributed by atoms with Gasteiger partial charge in [0.25, 0.3) is 5.91 Å². The van der Waals surface area contributed by atoms with Gasteiger partial charge in [0, 0.05) is 37.2 Å². The summed E-state index contributed by atoms with van der Waals surface area (Å²) in [5.74, 6) is 0.980. The number of carbonyl (C=O) groups is 2. The Morgan fingerprint density at radius 3 is 2.77 bits per heavy atom. The number of aryl methyl sites for hydroxylation is 1. The average Bonchev–Trinajstić information content (AvgIpc) is 2.77. The van der Waals surface area contributed by atoms with Crippen molar-refractivity contribution in [2.45, 2.75) is 58.0 Å². The number of fused-ring (bicyclic) bond motifs is 2. The lowest BCUT2D eigenvalue weighted by atomic mass is 10.1. The van der Waals surface area contributed by atoms with Gasteiger partial charge in [-0.3, -0.25) is 9.59 Å². The Bertz CT molecular complexity index is 614. The molecular formula is C16H22N4O2. The van der Waals surface area contributed by atoms with E-state index in [1.807, 2.05) is 25.7 Å². The van der Waals surface area contributed by atoms with E-state index in [-0.39, 0.29) is 29.8 Å². The topological polar surface area (TPSA) is 75.2 Å². The zero-order valence-electron chi connectivity index (χ0n) is 13.3. The number of nitrogens with zero attached hydrogens (tertiary/aromatic N) is 3. The Hall–Kier alpha value is -1.98. The SMILES string of the molecule is Cc1nc(C(C)C)ncc1C(=O)N1[C@@H]2CC[C@H]1CNC(=O)C2. The summed E-state index contributed by atoms with van der Waals surface area (Å²) in [5.41, 5.74) is 1.27. The number of aromatic nitrogens is 2. The first-order chi connectivity index (χ1) is 10.5. The minimum absolute atomic E-state index is 0.00387. The molecule has 6 nitrogen and oxygen atoms in total. The second-order valence-corrected chi connectivity index (χ2v) is 6.49. The second kappa shape index (κ2) is 5.66. The number of hydrogen-bond acceptors (Lipinski definition) is 4. The lowest BCUT2D eigenvalue weighted by Crippen LogP contribution is -2.43. The minimum Gasteiger partial charge on any atom is -0.354 e. The normalized spacial score (nSPS) is 24.4. The fraction of sp³-hybridized carbons (Fsp3) is 0.625. The van der Waals surface area contributed by atoms with Crippen LogP contribution in [0.4, 0.5) is 0 Å². The summed E-state index contributed by atoms with van der Waals surface area (Å²) in [7, 11) is 0. The van der Waals surface area contributed by atoms with Gasteiger partial charge in [-0.15, -0.1) is 0 Å². The van der Waals surface area contributed by atoms with E-state index in [9.17, 15) is 9.59 Å². The standard InChI is InChI=1S/C16H22N4O2/c1-9(2)15-18-8-13(10(3)19-15)16(22)20-11-4-5-12(20)7-17-14(21)6-11/h8-9,11-12H,4-7H2,1-3H3,(H,17,21)/t11-,12+/m1/s1. The predicted octanol–water partition coefficient (Wildman–Crippen LogP) is 1.40. The van der Waals surface area contributed by atoms with Gasteiger partial charge in [0.1, 0.15) is 5.82 Å². The smallest absolute Gasteiger partial charge is 0.257 e. The van der Waals surface area contributed by atoms with Gasteiger partial charge in [-0.1, -0.05) is 13.8 Å². The molecule has 6 heteroatoms. The van der Waals surface area contributed by atoms with E-state index in [0.29, 0.717) is 24.2 Å². The van der Waals surface area contributed by atoms with Gasteiger partial charge in [-0.25, -0.2) is 9.97 Å². The van der Waals surface area contributed by atoms with Crippen LogP contribution in [0.5, 0.6) is 0 Å². The lowest BCUT2D eigenvalue weighted by Gasteiger charge is -2.27. The lowest BCUT2D eigenvalue weighted by molar-refractivity contribution is -0.121. The summed E-state index contributed by atoms with van der Waals surface area (Å²) in [4.78, 5) is 35.3. The summed E-state index contributed by atoms with van der Waals surface area (Å²) in [5, 5.41) is 2.89. The molecule has 22 heavy (non-hydrogen) atoms. The second-order valence-electron chi connectivity index (χ2n) is 6.49. The van der Waals surface area contributed by atoms with Gasteiger partial charge in [0.15, 0.2) is 0 Å². The molecule has 3 rings (SSSR count). The molecular weight excluding hydrogens is 280 g/mol. The van der Waals surface area contributed by atoms with Crippen molar-refractivity contribution in [2.24, 2.45) is 0 Å². The van der Waals surface area contributed by atoms with E-state index in [1.54, 1.807) is 6.20 Å². The van der Waals surface area contributed by atoms with E-state index in [0.717, 1.165) is 18.7 Å². The number of carbonyl (C=O) groups excluding carboxylic acids is 2. The van der Waals surface area contributed by atoms with Crippen LogP contribution in [0.2, 0.25) is 0 Å². The van der Waals surface area contributed by atoms with E-state index < -0.39 is 0 Å². The van der Waals surface area contributed by atoms with Crippen molar-refractivity contribution in [2.75, 3.05) is 6.54 Å². The van der Waals surface area contributed by atoms with Crippen molar-refractivity contribution in [3.8, 4) is 0 Å². The largest absolute Gasteiger partial charge is 0.354 e. The number of amides is 2. The Labute approximate surface area is 130 Å². The van der Waals surface area contributed by atoms with Crippen molar-refractivity contribution in [3.63, 3.8) is 0 Å². The molecule has 0 unspecified atom stereocenters. The Balaban J connectivity index is 1.89. The van der Waals surface area contributed by atoms with Gasteiger partial charge in [-0.2, -0.15) is 0 Å². The van der Waals surface area contributed by atoms with Crippen LogP contribution in [0.25, 0.3) is 0 Å². The summed E-state index contributed by atoms with van der Waals surface area (Å²) in [6.07, 6.45) is 3.88. The van der Waals surface area contributed by atoms with E-state index in [4.69, 9.17) is 0 Å². The Morgan fingerprint density at radius 2 is 2.09 bits per heavy atom. The Kier molecular flexibility index (Phi) is 3.85. The minimum atomic E-state index is -0.0446. The van der Waals surface area contributed by atoms with Crippen LogP contribution in [0, 0.1) is 6.92 Å². The quantitative estimate of drug-likeness (QED) is 0.896. The molecule has 118 valence electrons. The van der Waals surface area contributed by atoms with Crippen LogP contribution in [-0.4, -0.2) is 45.3 Å². The zero-order valence-corrected chi connectivity index (χ0v) is 13.3. The van der Waals surface area contributed by atoms with Gasteiger partial charge >= 0.3 is 0 Å². The molecule has 0 radical (unpaired) electrons. The number of hydrogen-bond donors (Lipinski definition) is 1. The van der Waals surface area contributed by atoms with Gasteiger partial charge < -0.3 is 10.2 Å². The highest BCUT2D eigenvalue weighted by atomic mass is 16.2. The Morgan fingerprint density at radius 1 is 1.36 bits per heavy atom. The molecule has 1 aromatic rings. The molecule has 2 aliphatic rings. The van der Waals surface area contributed by atoms with Crippen molar-refractivity contribution in [1.82, 2.24) is 20.2 Å². The molecule has 0 aromatic carbocycles. The molecule has 2 saturated heterocycles. The molecule has 2 atom stereocenters. The van der Waals surface area contributed by atoms with Crippen LogP contribution >= 0.6 is 0 Å². The maximum Gasteiger partial charge on any atom is 0.257 e. The third-order valence-corrected chi connectivity index (χ3v) is 4.56. The fourth-order valence-electron chi connectivity index (χ4n) is 3.32. The molecule has 0 aliphatic carbocycles. The van der Waals surface area contributed by atoms with Crippen LogP contribution in [0.3, 0.4) is 0 Å². The molecule has 1 N–H and O–H groups in total. The molecule has 3 heterocycles. The summed E-state index contributed by atoms with van der Waals surface area (Å²) < 4.78 is 0. The molecule has 1 aromatic heterocycles. The predicted molar refractivity (Wildman–Crippen MR) is 81.5 cm³/mol. The number of rotatable bonds is 2. The first-order valence-corrected chi connectivity index (χ1v) is 7.90. The van der Waals surface area contributed by atoms with Crippen molar-refractivity contribution >= 4 is 11.8 Å². The monoisotopic (exact) mass is 302 g/mol. The molecule has 2 aliphatic heterocycles. The maximum absolute atomic E-state index is 12.9. The third-order valence-electron chi connectivity index (χ3n) is 4.56. The molecule has 2 amide bonds. The zero-order chi connectivity index (χ0) is 15.9. The molecule has 2 fully saturated rings. The van der Waals surface area contributed by atoms with Gasteiger partial charge in [-0.05, 0) is 19.8 Å². The van der Waals surface area contributed by atoms with Crippen LogP contribution in [0.1, 0.15) is 60.9 Å². The highest BCUT2D eigenvalue weighted by Gasteiger charge is 2.41. The van der Waals surface area contributed by atoms with Crippen molar-refractivity contribution in [3.05, 3.63) is 23.3 Å². The van der Waals surface area contributed by atoms with E-state index in [2.05, 4.69) is 15.3 Å². The highest BCUT2D eigenvalue weighted by Crippen LogP contribution is 2.30. The summed E-state index contributed by atoms with van der Waals surface area (Å²) in [6, 6.07) is 0.0947.